The van der Waals surface area contributed by atoms with Crippen LogP contribution in [0.1, 0.15) is 98.5 Å². The van der Waals surface area contributed by atoms with Crippen LogP contribution in [0, 0.1) is 0 Å². The Morgan fingerprint density at radius 1 is 0.348 bits per heavy atom. The maximum Gasteiger partial charge on any atom is 0.0726 e. The molecule has 4 bridgehead atoms. The molecule has 66 heavy (non-hydrogen) atoms. The van der Waals surface area contributed by atoms with Crippen LogP contribution in [-0.2, 0) is 21.7 Å². The fraction of sp³-hybridized carbons (Fsp3) is 0.169. The summed E-state index contributed by atoms with van der Waals surface area (Å²) in [4.78, 5) is 2.63. The topological polar surface area (TPSA) is 3.24 Å². The summed E-state index contributed by atoms with van der Waals surface area (Å²) in [5.41, 5.74) is 27.4. The summed E-state index contributed by atoms with van der Waals surface area (Å²) in [6, 6.07) is 74.8. The molecule has 1 unspecified atom stereocenters. The molecule has 1 aliphatic heterocycles. The van der Waals surface area contributed by atoms with Gasteiger partial charge < -0.3 is 4.90 Å². The summed E-state index contributed by atoms with van der Waals surface area (Å²) in [5.74, 6) is 0. The minimum Gasteiger partial charge on any atom is -0.310 e. The van der Waals surface area contributed by atoms with Gasteiger partial charge in [0.2, 0.25) is 0 Å². The molecule has 0 radical (unpaired) electrons. The van der Waals surface area contributed by atoms with E-state index in [4.69, 9.17) is 0 Å². The highest BCUT2D eigenvalue weighted by molar-refractivity contribution is 6.02. The molecule has 1 nitrogen and oxygen atoms in total. The van der Waals surface area contributed by atoms with E-state index in [2.05, 4.69) is 247 Å². The number of fused-ring (bicyclic) bond motifs is 10. The average Bonchev–Trinajstić information content (AvgIpc) is 3.89. The molecule has 0 fully saturated rings. The van der Waals surface area contributed by atoms with Gasteiger partial charge in [0.15, 0.2) is 0 Å². The second-order valence-electron chi connectivity index (χ2n) is 21.3. The maximum atomic E-state index is 2.63. The lowest BCUT2D eigenvalue weighted by Crippen LogP contribution is -2.27. The van der Waals surface area contributed by atoms with Crippen LogP contribution in [0.4, 0.5) is 17.1 Å². The first-order chi connectivity index (χ1) is 31.9. The number of anilines is 3. The van der Waals surface area contributed by atoms with Crippen LogP contribution in [0.15, 0.2) is 194 Å². The highest BCUT2D eigenvalue weighted by Crippen LogP contribution is 2.66. The van der Waals surface area contributed by atoms with Gasteiger partial charge in [0, 0.05) is 27.8 Å². The quantitative estimate of drug-likeness (QED) is 0.171. The van der Waals surface area contributed by atoms with Crippen molar-refractivity contribution >= 4 is 17.1 Å². The van der Waals surface area contributed by atoms with Gasteiger partial charge in [-0.05, 0) is 130 Å². The van der Waals surface area contributed by atoms with Crippen LogP contribution in [0.3, 0.4) is 0 Å². The molecular formula is C65H53N. The molecule has 1 spiro atoms. The summed E-state index contributed by atoms with van der Waals surface area (Å²) in [5, 5.41) is 0. The largest absolute Gasteiger partial charge is 0.310 e. The number of para-hydroxylation sites is 1. The van der Waals surface area contributed by atoms with Gasteiger partial charge in [-0.2, -0.15) is 0 Å². The third-order valence-corrected chi connectivity index (χ3v) is 16.1. The summed E-state index contributed by atoms with van der Waals surface area (Å²) in [6.07, 6.45) is 0. The SMILES string of the molecule is CC(C)(C)c1ccc2c(c1)C13c4cc(ccc4-2)C(C)(C)c2cccc(-c4ccccc4)c2N(c2ccc4c(c2)C(C)(C)c2ccccc2-4)c2ccc(c1c2)-c1c(-c2ccccc2)cccc13. The molecule has 0 saturated carbocycles. The third kappa shape index (κ3) is 5.12. The first kappa shape index (κ1) is 39.2. The zero-order valence-electron chi connectivity index (χ0n) is 38.9. The summed E-state index contributed by atoms with van der Waals surface area (Å²) in [7, 11) is 0. The van der Waals surface area contributed by atoms with Crippen LogP contribution in [0.5, 0.6) is 0 Å². The van der Waals surface area contributed by atoms with Crippen molar-refractivity contribution in [1.29, 1.82) is 0 Å². The van der Waals surface area contributed by atoms with Crippen LogP contribution in [0.2, 0.25) is 0 Å². The Labute approximate surface area is 390 Å². The van der Waals surface area contributed by atoms with E-state index in [9.17, 15) is 0 Å². The lowest BCUT2D eigenvalue weighted by Gasteiger charge is -2.36. The molecule has 1 heterocycles. The second kappa shape index (κ2) is 13.4. The number of hydrogen-bond acceptors (Lipinski definition) is 1. The van der Waals surface area contributed by atoms with Crippen molar-refractivity contribution in [3.63, 3.8) is 0 Å². The van der Waals surface area contributed by atoms with E-state index < -0.39 is 10.8 Å². The zero-order chi connectivity index (χ0) is 44.9. The van der Waals surface area contributed by atoms with E-state index in [0.717, 1.165) is 11.4 Å². The van der Waals surface area contributed by atoms with Crippen LogP contribution in [-0.4, -0.2) is 0 Å². The normalized spacial score (nSPS) is 17.3. The first-order valence-electron chi connectivity index (χ1n) is 23.8. The van der Waals surface area contributed by atoms with Gasteiger partial charge in [-0.1, -0.05) is 218 Å². The van der Waals surface area contributed by atoms with Crippen molar-refractivity contribution in [2.45, 2.75) is 70.1 Å². The van der Waals surface area contributed by atoms with Gasteiger partial charge in [-0.15, -0.1) is 0 Å². The first-order valence-corrected chi connectivity index (χ1v) is 23.8. The van der Waals surface area contributed by atoms with Crippen LogP contribution >= 0.6 is 0 Å². The highest BCUT2D eigenvalue weighted by atomic mass is 15.1. The van der Waals surface area contributed by atoms with Crippen molar-refractivity contribution in [3.05, 3.63) is 244 Å². The minimum atomic E-state index is -0.560. The van der Waals surface area contributed by atoms with E-state index in [1.807, 2.05) is 0 Å². The van der Waals surface area contributed by atoms with Crippen molar-refractivity contribution < 1.29 is 0 Å². The monoisotopic (exact) mass is 847 g/mol. The van der Waals surface area contributed by atoms with Crippen LogP contribution in [0.25, 0.3) is 55.6 Å². The number of nitrogens with zero attached hydrogens (tertiary/aromatic N) is 1. The van der Waals surface area contributed by atoms with E-state index >= 15 is 0 Å². The molecule has 9 aromatic carbocycles. The molecule has 4 aliphatic rings. The van der Waals surface area contributed by atoms with E-state index in [-0.39, 0.29) is 10.8 Å². The molecule has 9 aromatic rings. The molecule has 1 heteroatoms. The molecule has 0 saturated heterocycles. The molecule has 0 N–H and O–H groups in total. The Morgan fingerprint density at radius 3 is 1.56 bits per heavy atom. The Morgan fingerprint density at radius 2 is 0.848 bits per heavy atom. The standard InChI is InChI=1S/C65H53N/c1-62(2,3)42-28-32-50-51-33-29-43-37-58(51)65(57(50)36-42)54-26-16-23-46(40-18-10-8-11-19-40)60(54)52-35-31-45(39-59(52)65)66(44-30-34-49-48-22-14-15-25-53(48)64(6,7)56(49)38-44)61-47(41-20-12-9-13-21-41)24-17-27-55(61)63(43,4)5/h8-39H,1-7H3. The molecule has 0 aromatic heterocycles. The summed E-state index contributed by atoms with van der Waals surface area (Å²) >= 11 is 0. The van der Waals surface area contributed by atoms with Crippen LogP contribution < -0.4 is 4.90 Å². The minimum absolute atomic E-state index is 0.0354. The molecule has 13 rings (SSSR count). The van der Waals surface area contributed by atoms with Crippen molar-refractivity contribution in [2.75, 3.05) is 4.90 Å². The second-order valence-corrected chi connectivity index (χ2v) is 21.3. The smallest absolute Gasteiger partial charge is 0.0726 e. The van der Waals surface area contributed by atoms with E-state index in [1.54, 1.807) is 0 Å². The van der Waals surface area contributed by atoms with Gasteiger partial charge in [-0.25, -0.2) is 0 Å². The van der Waals surface area contributed by atoms with Gasteiger partial charge in [0.1, 0.15) is 0 Å². The van der Waals surface area contributed by atoms with Gasteiger partial charge in [-0.3, -0.25) is 0 Å². The van der Waals surface area contributed by atoms with E-state index in [1.165, 1.54) is 111 Å². The fourth-order valence-electron chi connectivity index (χ4n) is 12.7. The number of hydrogen-bond donors (Lipinski definition) is 0. The van der Waals surface area contributed by atoms with E-state index in [0.29, 0.717) is 0 Å². The summed E-state index contributed by atoms with van der Waals surface area (Å²) in [6.45, 7) is 16.7. The van der Waals surface area contributed by atoms with Crippen molar-refractivity contribution in [3.8, 4) is 55.6 Å². The van der Waals surface area contributed by atoms with Gasteiger partial charge >= 0.3 is 0 Å². The maximum absolute atomic E-state index is 2.63. The lowest BCUT2D eigenvalue weighted by atomic mass is 9.68. The Hall–Kier alpha value is -7.22. The molecule has 318 valence electrons. The molecule has 0 amide bonds. The Kier molecular flexibility index (Phi) is 7.97. The highest BCUT2D eigenvalue weighted by Gasteiger charge is 2.54. The van der Waals surface area contributed by atoms with Crippen molar-refractivity contribution in [1.82, 2.24) is 0 Å². The predicted molar refractivity (Wildman–Crippen MR) is 277 cm³/mol. The summed E-state index contributed by atoms with van der Waals surface area (Å²) < 4.78 is 0. The Bertz CT molecular complexity index is 3510. The van der Waals surface area contributed by atoms with Crippen molar-refractivity contribution in [2.24, 2.45) is 0 Å². The average molecular weight is 848 g/mol. The fourth-order valence-corrected chi connectivity index (χ4v) is 12.7. The third-order valence-electron chi connectivity index (χ3n) is 16.1. The zero-order valence-corrected chi connectivity index (χ0v) is 38.9. The molecule has 1 atom stereocenters. The lowest BCUT2D eigenvalue weighted by molar-refractivity contribution is 0.588. The number of rotatable bonds is 3. The molecular weight excluding hydrogens is 795 g/mol. The molecule has 3 aliphatic carbocycles. The predicted octanol–water partition coefficient (Wildman–Crippen LogP) is 17.1. The van der Waals surface area contributed by atoms with Gasteiger partial charge in [0.05, 0.1) is 11.1 Å². The van der Waals surface area contributed by atoms with Gasteiger partial charge in [0.25, 0.3) is 0 Å². The number of benzene rings is 9. The Balaban J connectivity index is 1.20.